The van der Waals surface area contributed by atoms with Crippen molar-refractivity contribution in [1.82, 2.24) is 14.8 Å². The fraction of sp³-hybridized carbons (Fsp3) is 0.316. The second-order valence-corrected chi connectivity index (χ2v) is 6.00. The number of pyridine rings is 1. The first kappa shape index (κ1) is 17.1. The van der Waals surface area contributed by atoms with E-state index in [2.05, 4.69) is 20.7 Å². The van der Waals surface area contributed by atoms with Crippen LogP contribution in [-0.2, 0) is 11.3 Å². The number of benzene rings is 1. The van der Waals surface area contributed by atoms with Gasteiger partial charge >= 0.3 is 5.97 Å². The zero-order valence-electron chi connectivity index (χ0n) is 14.2. The molecule has 0 spiro atoms. The highest BCUT2D eigenvalue weighted by Crippen LogP contribution is 2.12. The number of methoxy groups -OCH3 is 1. The fourth-order valence-corrected chi connectivity index (χ4v) is 2.91. The zero-order chi connectivity index (χ0) is 17.6. The molecule has 1 amide bonds. The minimum absolute atomic E-state index is 0.00237. The minimum atomic E-state index is -0.400. The smallest absolute Gasteiger partial charge is 0.337 e. The molecule has 25 heavy (non-hydrogen) atoms. The molecule has 0 unspecified atom stereocenters. The number of carbonyl (C=O) groups is 2. The van der Waals surface area contributed by atoms with Gasteiger partial charge in [-0.3, -0.25) is 14.7 Å². The molecule has 1 fully saturated rings. The van der Waals surface area contributed by atoms with E-state index >= 15 is 0 Å². The second kappa shape index (κ2) is 7.90. The molecule has 1 aromatic carbocycles. The number of piperazine rings is 1. The molecule has 2 heterocycles. The number of nitrogens with zero attached hydrogens (tertiary/aromatic N) is 3. The van der Waals surface area contributed by atoms with Gasteiger partial charge in [-0.1, -0.05) is 6.07 Å². The van der Waals surface area contributed by atoms with Gasteiger partial charge < -0.3 is 9.64 Å². The van der Waals surface area contributed by atoms with Gasteiger partial charge in [0.2, 0.25) is 0 Å². The molecule has 0 atom stereocenters. The van der Waals surface area contributed by atoms with Crippen LogP contribution in [0, 0.1) is 0 Å². The van der Waals surface area contributed by atoms with E-state index in [9.17, 15) is 9.59 Å². The summed E-state index contributed by atoms with van der Waals surface area (Å²) in [5.74, 6) is -0.402. The lowest BCUT2D eigenvalue weighted by atomic mass is 10.1. The maximum Gasteiger partial charge on any atom is 0.337 e. The van der Waals surface area contributed by atoms with E-state index in [1.165, 1.54) is 12.7 Å². The van der Waals surface area contributed by atoms with Gasteiger partial charge in [0.25, 0.3) is 5.91 Å². The van der Waals surface area contributed by atoms with Crippen LogP contribution in [0.15, 0.2) is 48.8 Å². The first-order valence-electron chi connectivity index (χ1n) is 8.26. The summed E-state index contributed by atoms with van der Waals surface area (Å²) in [6.07, 6.45) is 3.64. The average Bonchev–Trinajstić information content (AvgIpc) is 2.68. The van der Waals surface area contributed by atoms with Crippen molar-refractivity contribution in [2.45, 2.75) is 6.54 Å². The number of rotatable bonds is 4. The Hall–Kier alpha value is -2.73. The van der Waals surface area contributed by atoms with E-state index in [4.69, 9.17) is 0 Å². The fourth-order valence-electron chi connectivity index (χ4n) is 2.91. The number of amides is 1. The standard InChI is InChI=1S/C19H21N3O3/c1-25-19(24)17-6-4-16(5-7-17)18(23)22-11-9-21(10-12-22)14-15-3-2-8-20-13-15/h2-8,13H,9-12,14H2,1H3. The molecule has 0 radical (unpaired) electrons. The third kappa shape index (κ3) is 4.22. The van der Waals surface area contributed by atoms with E-state index < -0.39 is 5.97 Å². The van der Waals surface area contributed by atoms with Gasteiger partial charge in [0.15, 0.2) is 0 Å². The van der Waals surface area contributed by atoms with Crippen molar-refractivity contribution >= 4 is 11.9 Å². The second-order valence-electron chi connectivity index (χ2n) is 6.00. The Morgan fingerprint density at radius 1 is 1.04 bits per heavy atom. The van der Waals surface area contributed by atoms with Crippen molar-refractivity contribution in [2.75, 3.05) is 33.3 Å². The van der Waals surface area contributed by atoms with Crippen LogP contribution in [0.5, 0.6) is 0 Å². The van der Waals surface area contributed by atoms with Gasteiger partial charge in [-0.2, -0.15) is 0 Å². The molecular weight excluding hydrogens is 318 g/mol. The Kier molecular flexibility index (Phi) is 5.40. The lowest BCUT2D eigenvalue weighted by molar-refractivity contribution is 0.0596. The summed E-state index contributed by atoms with van der Waals surface area (Å²) < 4.78 is 4.67. The number of aromatic nitrogens is 1. The van der Waals surface area contributed by atoms with Gasteiger partial charge in [0.1, 0.15) is 0 Å². The first-order valence-corrected chi connectivity index (χ1v) is 8.26. The highest BCUT2D eigenvalue weighted by molar-refractivity contribution is 5.96. The van der Waals surface area contributed by atoms with E-state index in [-0.39, 0.29) is 5.91 Å². The molecule has 0 bridgehead atoms. The molecule has 1 aliphatic rings. The summed E-state index contributed by atoms with van der Waals surface area (Å²) in [6, 6.07) is 10.6. The van der Waals surface area contributed by atoms with E-state index in [1.54, 1.807) is 30.5 Å². The Balaban J connectivity index is 1.55. The SMILES string of the molecule is COC(=O)c1ccc(C(=O)N2CCN(Cc3cccnc3)CC2)cc1. The Labute approximate surface area is 147 Å². The monoisotopic (exact) mass is 339 g/mol. The third-order valence-corrected chi connectivity index (χ3v) is 4.34. The largest absolute Gasteiger partial charge is 0.465 e. The van der Waals surface area contributed by atoms with Crippen molar-refractivity contribution in [1.29, 1.82) is 0 Å². The predicted molar refractivity (Wildman–Crippen MR) is 93.2 cm³/mol. The highest BCUT2D eigenvalue weighted by atomic mass is 16.5. The predicted octanol–water partition coefficient (Wildman–Crippen LogP) is 1.83. The summed E-state index contributed by atoms with van der Waals surface area (Å²) in [5.41, 5.74) is 2.22. The molecule has 3 rings (SSSR count). The van der Waals surface area contributed by atoms with Crippen molar-refractivity contribution in [3.05, 3.63) is 65.5 Å². The Morgan fingerprint density at radius 3 is 2.32 bits per heavy atom. The van der Waals surface area contributed by atoms with Crippen LogP contribution < -0.4 is 0 Å². The summed E-state index contributed by atoms with van der Waals surface area (Å²) in [6.45, 7) is 3.90. The first-order chi connectivity index (χ1) is 12.2. The molecular formula is C19H21N3O3. The maximum atomic E-state index is 12.6. The quantitative estimate of drug-likeness (QED) is 0.795. The lowest BCUT2D eigenvalue weighted by Crippen LogP contribution is -2.48. The summed E-state index contributed by atoms with van der Waals surface area (Å²) >= 11 is 0. The zero-order valence-corrected chi connectivity index (χ0v) is 14.2. The van der Waals surface area contributed by atoms with E-state index in [0.29, 0.717) is 24.2 Å². The Bertz CT molecular complexity index is 723. The van der Waals surface area contributed by atoms with Crippen molar-refractivity contribution in [3.63, 3.8) is 0 Å². The average molecular weight is 339 g/mol. The number of hydrogen-bond acceptors (Lipinski definition) is 5. The minimum Gasteiger partial charge on any atom is -0.465 e. The maximum absolute atomic E-state index is 12.6. The lowest BCUT2D eigenvalue weighted by Gasteiger charge is -2.34. The molecule has 6 nitrogen and oxygen atoms in total. The summed E-state index contributed by atoms with van der Waals surface area (Å²) in [4.78, 5) is 32.4. The van der Waals surface area contributed by atoms with Crippen LogP contribution in [0.25, 0.3) is 0 Å². The molecule has 1 saturated heterocycles. The molecule has 2 aromatic rings. The van der Waals surface area contributed by atoms with Gasteiger partial charge in [0.05, 0.1) is 12.7 Å². The normalized spacial score (nSPS) is 15.0. The van der Waals surface area contributed by atoms with E-state index in [0.717, 1.165) is 19.6 Å². The highest BCUT2D eigenvalue weighted by Gasteiger charge is 2.22. The van der Waals surface area contributed by atoms with Crippen LogP contribution in [0.1, 0.15) is 26.3 Å². The number of hydrogen-bond donors (Lipinski definition) is 0. The molecule has 0 saturated carbocycles. The van der Waals surface area contributed by atoms with Crippen LogP contribution in [0.3, 0.4) is 0 Å². The topological polar surface area (TPSA) is 62.7 Å². The van der Waals surface area contributed by atoms with Gasteiger partial charge in [0, 0.05) is 50.7 Å². The number of carbonyl (C=O) groups excluding carboxylic acids is 2. The molecule has 130 valence electrons. The molecule has 0 N–H and O–H groups in total. The van der Waals surface area contributed by atoms with Gasteiger partial charge in [-0.05, 0) is 35.9 Å². The van der Waals surface area contributed by atoms with Gasteiger partial charge in [-0.25, -0.2) is 4.79 Å². The molecule has 1 aliphatic heterocycles. The summed E-state index contributed by atoms with van der Waals surface area (Å²) in [5, 5.41) is 0. The van der Waals surface area contributed by atoms with Crippen LogP contribution in [0.4, 0.5) is 0 Å². The molecule has 1 aromatic heterocycles. The number of esters is 1. The Morgan fingerprint density at radius 2 is 1.72 bits per heavy atom. The van der Waals surface area contributed by atoms with Crippen LogP contribution in [-0.4, -0.2) is 59.9 Å². The van der Waals surface area contributed by atoms with Crippen molar-refractivity contribution < 1.29 is 14.3 Å². The van der Waals surface area contributed by atoms with E-state index in [1.807, 2.05) is 17.2 Å². The summed E-state index contributed by atoms with van der Waals surface area (Å²) in [7, 11) is 1.34. The molecule has 0 aliphatic carbocycles. The van der Waals surface area contributed by atoms with Crippen LogP contribution in [0.2, 0.25) is 0 Å². The third-order valence-electron chi connectivity index (χ3n) is 4.34. The van der Waals surface area contributed by atoms with Crippen molar-refractivity contribution in [3.8, 4) is 0 Å². The number of ether oxygens (including phenoxy) is 1. The van der Waals surface area contributed by atoms with Crippen molar-refractivity contribution in [2.24, 2.45) is 0 Å². The molecule has 6 heteroatoms. The van der Waals surface area contributed by atoms with Gasteiger partial charge in [-0.15, -0.1) is 0 Å². The van der Waals surface area contributed by atoms with Crippen LogP contribution >= 0.6 is 0 Å².